The van der Waals surface area contributed by atoms with E-state index in [1.54, 1.807) is 0 Å². The zero-order chi connectivity index (χ0) is 9.80. The van der Waals surface area contributed by atoms with Crippen LogP contribution in [0.25, 0.3) is 0 Å². The summed E-state index contributed by atoms with van der Waals surface area (Å²) < 4.78 is 0. The van der Waals surface area contributed by atoms with E-state index in [-0.39, 0.29) is 0 Å². The second kappa shape index (κ2) is 4.26. The zero-order valence-electron chi connectivity index (χ0n) is 8.16. The maximum Gasteiger partial charge on any atom is 0.0991 e. The molecule has 2 rings (SSSR count). The van der Waals surface area contributed by atoms with E-state index in [2.05, 4.69) is 23.5 Å². The highest BCUT2D eigenvalue weighted by Crippen LogP contribution is 2.22. The molecule has 1 atom stereocenters. The van der Waals surface area contributed by atoms with E-state index in [9.17, 15) is 0 Å². The van der Waals surface area contributed by atoms with Crippen molar-refractivity contribution < 1.29 is 0 Å². The van der Waals surface area contributed by atoms with Crippen LogP contribution < -0.4 is 5.32 Å². The average Bonchev–Trinajstić information content (AvgIpc) is 2.30. The van der Waals surface area contributed by atoms with Crippen LogP contribution >= 0.6 is 0 Å². The summed E-state index contributed by atoms with van der Waals surface area (Å²) in [6.07, 6.45) is 2.52. The Kier molecular flexibility index (Phi) is 2.81. The molecule has 1 aliphatic heterocycles. The molecule has 0 aliphatic carbocycles. The number of rotatable bonds is 1. The maximum atomic E-state index is 8.68. The molecule has 1 aromatic rings. The van der Waals surface area contributed by atoms with Crippen LogP contribution in [0.5, 0.6) is 0 Å². The number of benzene rings is 1. The number of hydrogen-bond acceptors (Lipinski definition) is 2. The third-order valence-corrected chi connectivity index (χ3v) is 2.81. The molecule has 0 saturated carbocycles. The normalized spacial score (nSPS) is 21.5. The predicted molar refractivity (Wildman–Crippen MR) is 56.0 cm³/mol. The van der Waals surface area contributed by atoms with Gasteiger partial charge in [-0.3, -0.25) is 0 Å². The molecule has 1 saturated heterocycles. The Morgan fingerprint density at radius 2 is 2.07 bits per heavy atom. The standard InChI is InChI=1S/C12H14N2/c13-8-10-3-5-11(6-4-10)12-2-1-7-14-9-12/h3-6,12,14H,1-2,7,9H2/t12-/m0/s1. The Hall–Kier alpha value is -1.33. The fraction of sp³-hybridized carbons (Fsp3) is 0.417. The van der Waals surface area contributed by atoms with E-state index in [4.69, 9.17) is 5.26 Å². The van der Waals surface area contributed by atoms with Crippen molar-refractivity contribution in [3.63, 3.8) is 0 Å². The number of hydrogen-bond donors (Lipinski definition) is 1. The minimum atomic E-state index is 0.636. The fourth-order valence-electron chi connectivity index (χ4n) is 1.97. The van der Waals surface area contributed by atoms with E-state index < -0.39 is 0 Å². The van der Waals surface area contributed by atoms with Gasteiger partial charge in [0, 0.05) is 6.54 Å². The molecule has 0 bridgehead atoms. The summed E-state index contributed by atoms with van der Waals surface area (Å²) in [5.41, 5.74) is 2.11. The van der Waals surface area contributed by atoms with Gasteiger partial charge in [0.2, 0.25) is 0 Å². The van der Waals surface area contributed by atoms with Crippen LogP contribution in [0.2, 0.25) is 0 Å². The van der Waals surface area contributed by atoms with Gasteiger partial charge in [0.15, 0.2) is 0 Å². The van der Waals surface area contributed by atoms with Gasteiger partial charge in [0.05, 0.1) is 11.6 Å². The molecule has 1 aromatic carbocycles. The van der Waals surface area contributed by atoms with E-state index in [1.807, 2.05) is 12.1 Å². The van der Waals surface area contributed by atoms with Gasteiger partial charge in [-0.25, -0.2) is 0 Å². The van der Waals surface area contributed by atoms with E-state index >= 15 is 0 Å². The zero-order valence-corrected chi connectivity index (χ0v) is 8.16. The topological polar surface area (TPSA) is 35.8 Å². The lowest BCUT2D eigenvalue weighted by atomic mass is 9.91. The first-order chi connectivity index (χ1) is 6.90. The SMILES string of the molecule is N#Cc1ccc([C@H]2CCCNC2)cc1. The Bertz CT molecular complexity index is 328. The van der Waals surface area contributed by atoms with Crippen LogP contribution in [0.3, 0.4) is 0 Å². The summed E-state index contributed by atoms with van der Waals surface area (Å²) in [5.74, 6) is 0.636. The summed E-state index contributed by atoms with van der Waals surface area (Å²) in [6.45, 7) is 2.22. The van der Waals surface area contributed by atoms with Crippen molar-refractivity contribution in [2.75, 3.05) is 13.1 Å². The second-order valence-electron chi connectivity index (χ2n) is 3.78. The van der Waals surface area contributed by atoms with Crippen molar-refractivity contribution in [2.45, 2.75) is 18.8 Å². The van der Waals surface area contributed by atoms with Gasteiger partial charge in [-0.1, -0.05) is 12.1 Å². The van der Waals surface area contributed by atoms with Crippen molar-refractivity contribution in [1.82, 2.24) is 5.32 Å². The quantitative estimate of drug-likeness (QED) is 0.728. The third-order valence-electron chi connectivity index (χ3n) is 2.81. The molecule has 1 aliphatic rings. The van der Waals surface area contributed by atoms with Crippen molar-refractivity contribution in [3.8, 4) is 6.07 Å². The minimum absolute atomic E-state index is 0.636. The molecule has 0 aromatic heterocycles. The summed E-state index contributed by atoms with van der Waals surface area (Å²) in [4.78, 5) is 0. The highest BCUT2D eigenvalue weighted by molar-refractivity contribution is 5.33. The summed E-state index contributed by atoms with van der Waals surface area (Å²) in [5, 5.41) is 12.1. The molecule has 72 valence electrons. The lowest BCUT2D eigenvalue weighted by Crippen LogP contribution is -2.28. The first-order valence-corrected chi connectivity index (χ1v) is 5.11. The highest BCUT2D eigenvalue weighted by atomic mass is 14.9. The molecule has 0 radical (unpaired) electrons. The van der Waals surface area contributed by atoms with Crippen LogP contribution in [-0.4, -0.2) is 13.1 Å². The molecule has 1 fully saturated rings. The van der Waals surface area contributed by atoms with Gasteiger partial charge in [-0.2, -0.15) is 5.26 Å². The molecular formula is C12H14N2. The van der Waals surface area contributed by atoms with Gasteiger partial charge in [0.1, 0.15) is 0 Å². The summed E-state index contributed by atoms with van der Waals surface area (Å²) >= 11 is 0. The minimum Gasteiger partial charge on any atom is -0.316 e. The van der Waals surface area contributed by atoms with Crippen LogP contribution in [0.15, 0.2) is 24.3 Å². The molecule has 1 heterocycles. The van der Waals surface area contributed by atoms with Crippen molar-refractivity contribution in [1.29, 1.82) is 5.26 Å². The van der Waals surface area contributed by atoms with E-state index in [0.29, 0.717) is 5.92 Å². The van der Waals surface area contributed by atoms with Crippen molar-refractivity contribution in [2.24, 2.45) is 0 Å². The monoisotopic (exact) mass is 186 g/mol. The smallest absolute Gasteiger partial charge is 0.0991 e. The number of piperidine rings is 1. The first kappa shape index (κ1) is 9.23. The Morgan fingerprint density at radius 3 is 2.64 bits per heavy atom. The Labute approximate surface area is 84.6 Å². The summed E-state index contributed by atoms with van der Waals surface area (Å²) in [7, 11) is 0. The largest absolute Gasteiger partial charge is 0.316 e. The van der Waals surface area contributed by atoms with E-state index in [1.165, 1.54) is 18.4 Å². The summed E-state index contributed by atoms with van der Waals surface area (Å²) in [6, 6.07) is 10.1. The van der Waals surface area contributed by atoms with Gasteiger partial charge < -0.3 is 5.32 Å². The average molecular weight is 186 g/mol. The maximum absolute atomic E-state index is 8.68. The number of nitrogens with zero attached hydrogens (tertiary/aromatic N) is 1. The molecule has 1 N–H and O–H groups in total. The molecule has 0 unspecified atom stereocenters. The van der Waals surface area contributed by atoms with Gasteiger partial charge in [-0.15, -0.1) is 0 Å². The van der Waals surface area contributed by atoms with Crippen LogP contribution in [-0.2, 0) is 0 Å². The molecule has 2 heteroatoms. The second-order valence-corrected chi connectivity index (χ2v) is 3.78. The van der Waals surface area contributed by atoms with Gasteiger partial charge >= 0.3 is 0 Å². The highest BCUT2D eigenvalue weighted by Gasteiger charge is 2.14. The Balaban J connectivity index is 2.12. The first-order valence-electron chi connectivity index (χ1n) is 5.11. The Morgan fingerprint density at radius 1 is 1.29 bits per heavy atom. The lowest BCUT2D eigenvalue weighted by Gasteiger charge is -2.22. The molecule has 14 heavy (non-hydrogen) atoms. The van der Waals surface area contributed by atoms with Gasteiger partial charge in [-0.05, 0) is 43.0 Å². The van der Waals surface area contributed by atoms with Crippen LogP contribution in [0.1, 0.15) is 29.9 Å². The molecule has 0 amide bonds. The number of nitrogens with one attached hydrogen (secondary N) is 1. The molecule has 0 spiro atoms. The third kappa shape index (κ3) is 1.94. The van der Waals surface area contributed by atoms with Crippen molar-refractivity contribution >= 4 is 0 Å². The van der Waals surface area contributed by atoms with E-state index in [0.717, 1.165) is 18.7 Å². The number of nitriles is 1. The van der Waals surface area contributed by atoms with Crippen molar-refractivity contribution in [3.05, 3.63) is 35.4 Å². The van der Waals surface area contributed by atoms with Crippen LogP contribution in [0.4, 0.5) is 0 Å². The van der Waals surface area contributed by atoms with Gasteiger partial charge in [0.25, 0.3) is 0 Å². The molecular weight excluding hydrogens is 172 g/mol. The van der Waals surface area contributed by atoms with Crippen LogP contribution in [0, 0.1) is 11.3 Å². The fourth-order valence-corrected chi connectivity index (χ4v) is 1.97. The lowest BCUT2D eigenvalue weighted by molar-refractivity contribution is 0.461. The predicted octanol–water partition coefficient (Wildman–Crippen LogP) is 2.03. The molecule has 2 nitrogen and oxygen atoms in total.